The molecule has 12 aromatic carbocycles. The van der Waals surface area contributed by atoms with Gasteiger partial charge in [0.2, 0.25) is 0 Å². The smallest absolute Gasteiger partial charge is 0.0714 e. The van der Waals surface area contributed by atoms with Crippen LogP contribution < -0.4 is 4.90 Å². The van der Waals surface area contributed by atoms with Gasteiger partial charge in [0.05, 0.1) is 22.1 Å². The fourth-order valence-corrected chi connectivity index (χ4v) is 12.1. The number of aromatic nitrogens is 1. The Morgan fingerprint density at radius 2 is 0.915 bits per heavy atom. The second-order valence-electron chi connectivity index (χ2n) is 18.7. The maximum atomic E-state index is 2.50. The second-order valence-corrected chi connectivity index (χ2v) is 18.7. The molecule has 1 aromatic heterocycles. The minimum Gasteiger partial charge on any atom is -0.310 e. The summed E-state index contributed by atoms with van der Waals surface area (Å²) in [5.74, 6) is 0. The van der Waals surface area contributed by atoms with Crippen LogP contribution in [0.2, 0.25) is 0 Å². The number of hydrogen-bond donors (Lipinski definition) is 0. The molecule has 0 bridgehead atoms. The minimum absolute atomic E-state index is 0.539. The lowest BCUT2D eigenvalue weighted by atomic mass is 9.68. The van der Waals surface area contributed by atoms with Crippen LogP contribution in [0.5, 0.6) is 0 Å². The summed E-state index contributed by atoms with van der Waals surface area (Å²) in [6.07, 6.45) is 0. The molecule has 1 heterocycles. The molecule has 0 unspecified atom stereocenters. The van der Waals surface area contributed by atoms with E-state index in [2.05, 4.69) is 289 Å². The van der Waals surface area contributed by atoms with Gasteiger partial charge >= 0.3 is 0 Å². The van der Waals surface area contributed by atoms with Gasteiger partial charge in [0.25, 0.3) is 0 Å². The molecule has 332 valence electrons. The number of benzene rings is 12. The van der Waals surface area contributed by atoms with Gasteiger partial charge in [-0.2, -0.15) is 0 Å². The van der Waals surface area contributed by atoms with Crippen molar-refractivity contribution in [1.82, 2.24) is 4.57 Å². The van der Waals surface area contributed by atoms with Crippen molar-refractivity contribution in [3.05, 3.63) is 301 Å². The van der Waals surface area contributed by atoms with E-state index < -0.39 is 5.41 Å². The first kappa shape index (κ1) is 40.8. The van der Waals surface area contributed by atoms with Crippen LogP contribution in [0.25, 0.3) is 82.4 Å². The molecule has 14 rings (SSSR count). The third kappa shape index (κ3) is 6.28. The average Bonchev–Trinajstić information content (AvgIpc) is 3.95. The van der Waals surface area contributed by atoms with Crippen LogP contribution in [-0.4, -0.2) is 4.57 Å². The molecule has 0 fully saturated rings. The van der Waals surface area contributed by atoms with E-state index in [4.69, 9.17) is 0 Å². The maximum absolute atomic E-state index is 2.50. The molecular weight excluding hydrogens is 857 g/mol. The number of para-hydroxylation sites is 2. The highest BCUT2D eigenvalue weighted by atomic mass is 15.1. The summed E-state index contributed by atoms with van der Waals surface area (Å²) in [5.41, 5.74) is 18.6. The highest BCUT2D eigenvalue weighted by Crippen LogP contribution is 2.59. The van der Waals surface area contributed by atoms with Gasteiger partial charge in [-0.25, -0.2) is 0 Å². The van der Waals surface area contributed by atoms with Gasteiger partial charge in [0.1, 0.15) is 0 Å². The van der Waals surface area contributed by atoms with E-state index >= 15 is 0 Å². The number of fused-ring (bicyclic) bond motifs is 9. The Morgan fingerprint density at radius 1 is 0.324 bits per heavy atom. The zero-order valence-corrected chi connectivity index (χ0v) is 39.0. The molecule has 1 aliphatic carbocycles. The van der Waals surface area contributed by atoms with E-state index in [1.54, 1.807) is 0 Å². The minimum atomic E-state index is -0.539. The van der Waals surface area contributed by atoms with Gasteiger partial charge in [-0.05, 0) is 126 Å². The van der Waals surface area contributed by atoms with Gasteiger partial charge < -0.3 is 9.47 Å². The van der Waals surface area contributed by atoms with Crippen molar-refractivity contribution in [2.75, 3.05) is 4.90 Å². The Labute approximate surface area is 413 Å². The molecule has 0 aliphatic heterocycles. The lowest BCUT2D eigenvalue weighted by Gasteiger charge is -2.34. The maximum Gasteiger partial charge on any atom is 0.0714 e. The molecule has 0 saturated heterocycles. The van der Waals surface area contributed by atoms with Crippen molar-refractivity contribution in [1.29, 1.82) is 0 Å². The number of rotatable bonds is 8. The average molecular weight is 903 g/mol. The molecular formula is C69H46N2. The van der Waals surface area contributed by atoms with Crippen LogP contribution in [0.15, 0.2) is 279 Å². The molecule has 0 saturated carbocycles. The summed E-state index contributed by atoms with van der Waals surface area (Å²) in [5, 5.41) is 7.52. The SMILES string of the molecule is c1ccc(-n2c3ccccc3c3c(-c4cccc(N(c5ccc(-c6cccc7c6ccc6ccccc67)cc5)c5cccc6c5-c5ccccc5C6(c5ccccc5)c5ccccc5)c4)cccc32)cc1. The summed E-state index contributed by atoms with van der Waals surface area (Å²) >= 11 is 0. The highest BCUT2D eigenvalue weighted by molar-refractivity contribution is 6.16. The topological polar surface area (TPSA) is 8.17 Å². The lowest BCUT2D eigenvalue weighted by molar-refractivity contribution is 0.768. The van der Waals surface area contributed by atoms with Crippen LogP contribution in [-0.2, 0) is 5.41 Å². The molecule has 13 aromatic rings. The van der Waals surface area contributed by atoms with Crippen LogP contribution in [0.1, 0.15) is 22.3 Å². The number of anilines is 3. The first-order valence-corrected chi connectivity index (χ1v) is 24.6. The van der Waals surface area contributed by atoms with E-state index in [9.17, 15) is 0 Å². The Bertz CT molecular complexity index is 4110. The van der Waals surface area contributed by atoms with Gasteiger partial charge in [0.15, 0.2) is 0 Å². The summed E-state index contributed by atoms with van der Waals surface area (Å²) in [6, 6.07) is 103. The normalized spacial score (nSPS) is 12.6. The summed E-state index contributed by atoms with van der Waals surface area (Å²) in [4.78, 5) is 2.50. The van der Waals surface area contributed by atoms with E-state index in [0.29, 0.717) is 0 Å². The van der Waals surface area contributed by atoms with Crippen molar-refractivity contribution < 1.29 is 0 Å². The Balaban J connectivity index is 1.00. The van der Waals surface area contributed by atoms with E-state index in [-0.39, 0.29) is 0 Å². The highest BCUT2D eigenvalue weighted by Gasteiger charge is 2.47. The summed E-state index contributed by atoms with van der Waals surface area (Å²) in [7, 11) is 0. The molecule has 71 heavy (non-hydrogen) atoms. The molecule has 0 N–H and O–H groups in total. The van der Waals surface area contributed by atoms with Crippen molar-refractivity contribution in [2.24, 2.45) is 0 Å². The fraction of sp³-hybridized carbons (Fsp3) is 0.0145. The van der Waals surface area contributed by atoms with Gasteiger partial charge in [-0.3, -0.25) is 0 Å². The second kappa shape index (κ2) is 16.5. The van der Waals surface area contributed by atoms with Crippen molar-refractivity contribution >= 4 is 60.4 Å². The predicted octanol–water partition coefficient (Wildman–Crippen LogP) is 18.3. The lowest BCUT2D eigenvalue weighted by Crippen LogP contribution is -2.28. The van der Waals surface area contributed by atoms with Crippen LogP contribution in [0, 0.1) is 0 Å². The molecule has 2 heteroatoms. The molecule has 0 atom stereocenters. The standard InChI is InChI=1S/C69H46N2/c1-4-22-50(23-5-1)69(51-24-6-2-7-25-51)62-35-14-12-30-60(62)68-63(69)36-19-39-66(68)70(53-43-40-48(41-44-53)56-32-17-34-58-55-29-11-10-20-47(55)42-45-59(56)58)54-28-16-21-49(46-54)57-33-18-38-65-67(57)61-31-13-15-37-64(61)71(65)52-26-8-3-9-27-52/h1-46H. The quantitative estimate of drug-likeness (QED) is 0.138. The van der Waals surface area contributed by atoms with Crippen molar-refractivity contribution in [3.63, 3.8) is 0 Å². The largest absolute Gasteiger partial charge is 0.310 e. The van der Waals surface area contributed by atoms with Gasteiger partial charge in [0, 0.05) is 33.4 Å². The van der Waals surface area contributed by atoms with E-state index in [0.717, 1.165) is 28.3 Å². The summed E-state index contributed by atoms with van der Waals surface area (Å²) < 4.78 is 2.40. The molecule has 1 aliphatic rings. The first-order chi connectivity index (χ1) is 35.3. The Kier molecular flexibility index (Phi) is 9.47. The number of hydrogen-bond acceptors (Lipinski definition) is 1. The van der Waals surface area contributed by atoms with Crippen LogP contribution >= 0.6 is 0 Å². The summed E-state index contributed by atoms with van der Waals surface area (Å²) in [6.45, 7) is 0. The van der Waals surface area contributed by atoms with Crippen molar-refractivity contribution in [3.8, 4) is 39.1 Å². The molecule has 2 nitrogen and oxygen atoms in total. The van der Waals surface area contributed by atoms with Crippen molar-refractivity contribution in [2.45, 2.75) is 5.41 Å². The fourth-order valence-electron chi connectivity index (χ4n) is 12.1. The Morgan fingerprint density at radius 3 is 1.72 bits per heavy atom. The first-order valence-electron chi connectivity index (χ1n) is 24.6. The molecule has 0 amide bonds. The predicted molar refractivity (Wildman–Crippen MR) is 299 cm³/mol. The molecule has 0 radical (unpaired) electrons. The molecule has 0 spiro atoms. The van der Waals surface area contributed by atoms with Gasteiger partial charge in [-0.1, -0.05) is 224 Å². The van der Waals surface area contributed by atoms with Crippen LogP contribution in [0.4, 0.5) is 17.1 Å². The van der Waals surface area contributed by atoms with E-state index in [1.165, 1.54) is 93.4 Å². The number of nitrogens with zero attached hydrogens (tertiary/aromatic N) is 2. The Hall–Kier alpha value is -9.24. The zero-order valence-electron chi connectivity index (χ0n) is 39.0. The zero-order chi connectivity index (χ0) is 46.9. The van der Waals surface area contributed by atoms with E-state index in [1.807, 2.05) is 0 Å². The van der Waals surface area contributed by atoms with Gasteiger partial charge in [-0.15, -0.1) is 0 Å². The van der Waals surface area contributed by atoms with Crippen LogP contribution in [0.3, 0.4) is 0 Å². The third-order valence-corrected chi connectivity index (χ3v) is 15.1. The third-order valence-electron chi connectivity index (χ3n) is 15.1. The monoisotopic (exact) mass is 902 g/mol.